The molecule has 0 unspecified atom stereocenters. The highest BCUT2D eigenvalue weighted by molar-refractivity contribution is 5.75. The zero-order chi connectivity index (χ0) is 16.8. The molecule has 1 aliphatic rings. The van der Waals surface area contributed by atoms with Crippen LogP contribution in [-0.4, -0.2) is 30.4 Å². The lowest BCUT2D eigenvalue weighted by Gasteiger charge is -2.23. The van der Waals surface area contributed by atoms with Gasteiger partial charge in [0, 0.05) is 6.61 Å². The van der Waals surface area contributed by atoms with Crippen LogP contribution in [0.15, 0.2) is 60.7 Å². The number of carbonyl (C=O) groups excluding carboxylic acids is 1. The SMILES string of the molecule is O=C(N[C@H]1CCO[C@H]1c1ccccc1)N[C@H](CO)c1ccccc1. The van der Waals surface area contributed by atoms with E-state index < -0.39 is 6.04 Å². The molecule has 0 saturated carbocycles. The van der Waals surface area contributed by atoms with Gasteiger partial charge >= 0.3 is 6.03 Å². The van der Waals surface area contributed by atoms with Gasteiger partial charge < -0.3 is 20.5 Å². The lowest BCUT2D eigenvalue weighted by Crippen LogP contribution is -2.45. The predicted molar refractivity (Wildman–Crippen MR) is 91.5 cm³/mol. The molecular weight excluding hydrogens is 304 g/mol. The Morgan fingerprint density at radius 3 is 2.46 bits per heavy atom. The summed E-state index contributed by atoms with van der Waals surface area (Å²) in [7, 11) is 0. The summed E-state index contributed by atoms with van der Waals surface area (Å²) in [6.45, 7) is 0.466. The van der Waals surface area contributed by atoms with Crippen molar-refractivity contribution < 1.29 is 14.6 Å². The van der Waals surface area contributed by atoms with Gasteiger partial charge in [-0.3, -0.25) is 0 Å². The maximum Gasteiger partial charge on any atom is 0.315 e. The molecule has 126 valence electrons. The average Bonchev–Trinajstić information content (AvgIpc) is 3.09. The molecule has 1 saturated heterocycles. The highest BCUT2D eigenvalue weighted by Crippen LogP contribution is 2.28. The molecule has 1 fully saturated rings. The standard InChI is InChI=1S/C19H22N2O3/c22-13-17(14-7-3-1-4-8-14)21-19(23)20-16-11-12-24-18(16)15-9-5-2-6-10-15/h1-10,16-18,22H,11-13H2,(H2,20,21,23)/t16-,17+,18-/m0/s1. The molecule has 24 heavy (non-hydrogen) atoms. The third-order valence-corrected chi connectivity index (χ3v) is 4.23. The molecule has 0 aliphatic carbocycles. The summed E-state index contributed by atoms with van der Waals surface area (Å²) >= 11 is 0. The first kappa shape index (κ1) is 16.5. The Kier molecular flexibility index (Phi) is 5.46. The molecule has 1 heterocycles. The normalized spacial score (nSPS) is 21.2. The molecule has 0 spiro atoms. The third-order valence-electron chi connectivity index (χ3n) is 4.23. The van der Waals surface area contributed by atoms with Crippen molar-refractivity contribution in [2.45, 2.75) is 24.6 Å². The Hall–Kier alpha value is -2.37. The van der Waals surface area contributed by atoms with Crippen molar-refractivity contribution in [1.82, 2.24) is 10.6 Å². The van der Waals surface area contributed by atoms with Crippen LogP contribution < -0.4 is 10.6 Å². The smallest absolute Gasteiger partial charge is 0.315 e. The van der Waals surface area contributed by atoms with E-state index in [0.29, 0.717) is 6.61 Å². The van der Waals surface area contributed by atoms with Crippen LogP contribution in [-0.2, 0) is 4.74 Å². The average molecular weight is 326 g/mol. The van der Waals surface area contributed by atoms with Gasteiger partial charge in [-0.25, -0.2) is 4.79 Å². The van der Waals surface area contributed by atoms with E-state index in [4.69, 9.17) is 4.74 Å². The Labute approximate surface area is 141 Å². The van der Waals surface area contributed by atoms with Crippen LogP contribution in [0.3, 0.4) is 0 Å². The Balaban J connectivity index is 1.61. The van der Waals surface area contributed by atoms with Gasteiger partial charge in [0.1, 0.15) is 6.10 Å². The summed E-state index contributed by atoms with van der Waals surface area (Å²) in [4.78, 5) is 12.3. The summed E-state index contributed by atoms with van der Waals surface area (Å²) in [6.07, 6.45) is 0.628. The highest BCUT2D eigenvalue weighted by Gasteiger charge is 2.31. The van der Waals surface area contributed by atoms with E-state index >= 15 is 0 Å². The molecule has 5 heteroatoms. The van der Waals surface area contributed by atoms with Crippen molar-refractivity contribution in [3.8, 4) is 0 Å². The number of hydrogen-bond acceptors (Lipinski definition) is 3. The van der Waals surface area contributed by atoms with Crippen LogP contribution in [0, 0.1) is 0 Å². The van der Waals surface area contributed by atoms with Crippen molar-refractivity contribution in [2.24, 2.45) is 0 Å². The first-order valence-electron chi connectivity index (χ1n) is 8.17. The lowest BCUT2D eigenvalue weighted by molar-refractivity contribution is 0.0996. The van der Waals surface area contributed by atoms with Crippen molar-refractivity contribution in [1.29, 1.82) is 0 Å². The monoisotopic (exact) mass is 326 g/mol. The summed E-state index contributed by atoms with van der Waals surface area (Å²) < 4.78 is 5.78. The van der Waals surface area contributed by atoms with Gasteiger partial charge in [0.2, 0.25) is 0 Å². The number of urea groups is 1. The molecule has 0 bridgehead atoms. The van der Waals surface area contributed by atoms with E-state index in [1.165, 1.54) is 0 Å². The number of nitrogens with one attached hydrogen (secondary N) is 2. The topological polar surface area (TPSA) is 70.6 Å². The van der Waals surface area contributed by atoms with E-state index in [1.807, 2.05) is 60.7 Å². The molecule has 2 amide bonds. The second-order valence-electron chi connectivity index (χ2n) is 5.86. The summed E-state index contributed by atoms with van der Waals surface area (Å²) in [5, 5.41) is 15.4. The van der Waals surface area contributed by atoms with Gasteiger partial charge in [-0.1, -0.05) is 60.7 Å². The fourth-order valence-corrected chi connectivity index (χ4v) is 3.00. The van der Waals surface area contributed by atoms with E-state index in [9.17, 15) is 9.90 Å². The molecule has 0 aromatic heterocycles. The number of aliphatic hydroxyl groups excluding tert-OH is 1. The number of aliphatic hydroxyl groups is 1. The maximum atomic E-state index is 12.3. The van der Waals surface area contributed by atoms with E-state index in [1.54, 1.807) is 0 Å². The minimum atomic E-state index is -0.427. The molecule has 1 aliphatic heterocycles. The second-order valence-corrected chi connectivity index (χ2v) is 5.86. The van der Waals surface area contributed by atoms with Crippen LogP contribution in [0.25, 0.3) is 0 Å². The van der Waals surface area contributed by atoms with Crippen LogP contribution >= 0.6 is 0 Å². The van der Waals surface area contributed by atoms with Gasteiger partial charge in [0.25, 0.3) is 0 Å². The Bertz CT molecular complexity index is 648. The van der Waals surface area contributed by atoms with Crippen molar-refractivity contribution in [2.75, 3.05) is 13.2 Å². The number of rotatable bonds is 5. The Morgan fingerprint density at radius 2 is 1.79 bits per heavy atom. The molecule has 2 aromatic rings. The minimum absolute atomic E-state index is 0.0810. The number of amides is 2. The third kappa shape index (κ3) is 3.93. The molecular formula is C19H22N2O3. The van der Waals surface area contributed by atoms with Gasteiger partial charge in [-0.05, 0) is 17.5 Å². The van der Waals surface area contributed by atoms with E-state index in [0.717, 1.165) is 17.5 Å². The van der Waals surface area contributed by atoms with Gasteiger partial charge in [-0.15, -0.1) is 0 Å². The molecule has 3 N–H and O–H groups in total. The highest BCUT2D eigenvalue weighted by atomic mass is 16.5. The summed E-state index contributed by atoms with van der Waals surface area (Å²) in [5.74, 6) is 0. The van der Waals surface area contributed by atoms with Crippen LogP contribution in [0.1, 0.15) is 29.7 Å². The summed E-state index contributed by atoms with van der Waals surface area (Å²) in [6, 6.07) is 18.5. The lowest BCUT2D eigenvalue weighted by atomic mass is 10.0. The molecule has 0 radical (unpaired) electrons. The first-order valence-corrected chi connectivity index (χ1v) is 8.17. The maximum absolute atomic E-state index is 12.3. The second kappa shape index (κ2) is 7.95. The number of benzene rings is 2. The van der Waals surface area contributed by atoms with Crippen LogP contribution in [0.2, 0.25) is 0 Å². The van der Waals surface area contributed by atoms with E-state index in [2.05, 4.69) is 10.6 Å². The van der Waals surface area contributed by atoms with E-state index in [-0.39, 0.29) is 24.8 Å². The number of hydrogen-bond donors (Lipinski definition) is 3. The van der Waals surface area contributed by atoms with Gasteiger partial charge in [0.05, 0.1) is 18.7 Å². The molecule has 3 rings (SSSR count). The fourth-order valence-electron chi connectivity index (χ4n) is 3.00. The largest absolute Gasteiger partial charge is 0.394 e. The van der Waals surface area contributed by atoms with Crippen LogP contribution in [0.4, 0.5) is 4.79 Å². The van der Waals surface area contributed by atoms with Crippen molar-refractivity contribution in [3.05, 3.63) is 71.8 Å². The van der Waals surface area contributed by atoms with Crippen molar-refractivity contribution in [3.63, 3.8) is 0 Å². The van der Waals surface area contributed by atoms with Gasteiger partial charge in [0.15, 0.2) is 0 Å². The Morgan fingerprint density at radius 1 is 1.12 bits per heavy atom. The summed E-state index contributed by atoms with van der Waals surface area (Å²) in [5.41, 5.74) is 1.93. The zero-order valence-corrected chi connectivity index (χ0v) is 13.4. The van der Waals surface area contributed by atoms with Crippen molar-refractivity contribution >= 4 is 6.03 Å². The molecule has 5 nitrogen and oxygen atoms in total. The van der Waals surface area contributed by atoms with Gasteiger partial charge in [-0.2, -0.15) is 0 Å². The fraction of sp³-hybridized carbons (Fsp3) is 0.316. The molecule has 3 atom stereocenters. The van der Waals surface area contributed by atoms with Crippen LogP contribution in [0.5, 0.6) is 0 Å². The number of ether oxygens (including phenoxy) is 1. The quantitative estimate of drug-likeness (QED) is 0.791. The first-order chi connectivity index (χ1) is 11.8. The zero-order valence-electron chi connectivity index (χ0n) is 13.4. The predicted octanol–water partition coefficient (Wildman–Crippen LogP) is 2.55. The minimum Gasteiger partial charge on any atom is -0.394 e. The molecule has 2 aromatic carbocycles. The number of carbonyl (C=O) groups is 1.